The molecule has 112 valence electrons. The normalized spacial score (nSPS) is 10.6. The summed E-state index contributed by atoms with van der Waals surface area (Å²) < 4.78 is 0. The van der Waals surface area contributed by atoms with Crippen LogP contribution in [-0.4, -0.2) is 23.6 Å². The van der Waals surface area contributed by atoms with Crippen molar-refractivity contribution in [3.8, 4) is 0 Å². The maximum Gasteiger partial charge on any atom is 0.151 e. The van der Waals surface area contributed by atoms with Crippen molar-refractivity contribution in [2.45, 2.75) is 33.2 Å². The Morgan fingerprint density at radius 3 is 2.38 bits per heavy atom. The van der Waals surface area contributed by atoms with Gasteiger partial charge in [-0.3, -0.25) is 4.98 Å². The Labute approximate surface area is 127 Å². The predicted molar refractivity (Wildman–Crippen MR) is 87.9 cm³/mol. The van der Waals surface area contributed by atoms with Gasteiger partial charge in [0.15, 0.2) is 5.82 Å². The SMILES string of the molecule is CCCNCc1cnc(N(C)c2ccc(CC)cc2)cn1. The second kappa shape index (κ2) is 7.74. The number of hydrogen-bond donors (Lipinski definition) is 1. The molecule has 1 N–H and O–H groups in total. The molecular weight excluding hydrogens is 260 g/mol. The number of rotatable bonds is 7. The van der Waals surface area contributed by atoms with E-state index in [4.69, 9.17) is 0 Å². The van der Waals surface area contributed by atoms with Crippen LogP contribution in [0.25, 0.3) is 0 Å². The minimum Gasteiger partial charge on any atom is -0.328 e. The van der Waals surface area contributed by atoms with E-state index in [9.17, 15) is 0 Å². The Morgan fingerprint density at radius 2 is 1.81 bits per heavy atom. The smallest absolute Gasteiger partial charge is 0.151 e. The number of aromatic nitrogens is 2. The van der Waals surface area contributed by atoms with Gasteiger partial charge in [-0.25, -0.2) is 4.98 Å². The van der Waals surface area contributed by atoms with Gasteiger partial charge in [-0.1, -0.05) is 26.0 Å². The number of nitrogens with zero attached hydrogens (tertiary/aromatic N) is 3. The highest BCUT2D eigenvalue weighted by Gasteiger charge is 2.06. The molecule has 2 aromatic rings. The van der Waals surface area contributed by atoms with Gasteiger partial charge in [-0.15, -0.1) is 0 Å². The van der Waals surface area contributed by atoms with E-state index >= 15 is 0 Å². The first-order valence-electron chi connectivity index (χ1n) is 7.59. The molecule has 4 nitrogen and oxygen atoms in total. The van der Waals surface area contributed by atoms with Gasteiger partial charge in [-0.2, -0.15) is 0 Å². The average Bonchev–Trinajstić information content (AvgIpc) is 2.55. The second-order valence-electron chi connectivity index (χ2n) is 5.12. The number of aryl methyl sites for hydroxylation is 1. The molecule has 21 heavy (non-hydrogen) atoms. The van der Waals surface area contributed by atoms with Gasteiger partial charge in [0, 0.05) is 19.3 Å². The second-order valence-corrected chi connectivity index (χ2v) is 5.12. The van der Waals surface area contributed by atoms with Crippen LogP contribution in [0, 0.1) is 0 Å². The van der Waals surface area contributed by atoms with E-state index in [2.05, 4.69) is 58.3 Å². The van der Waals surface area contributed by atoms with Crippen molar-refractivity contribution in [2.75, 3.05) is 18.5 Å². The van der Waals surface area contributed by atoms with Crippen LogP contribution in [0.4, 0.5) is 11.5 Å². The minimum atomic E-state index is 0.774. The van der Waals surface area contributed by atoms with Crippen LogP contribution < -0.4 is 10.2 Å². The largest absolute Gasteiger partial charge is 0.328 e. The van der Waals surface area contributed by atoms with Crippen LogP contribution in [0.5, 0.6) is 0 Å². The highest BCUT2D eigenvalue weighted by Crippen LogP contribution is 2.21. The first kappa shape index (κ1) is 15.4. The van der Waals surface area contributed by atoms with E-state index in [1.165, 1.54) is 5.56 Å². The highest BCUT2D eigenvalue weighted by atomic mass is 15.2. The highest BCUT2D eigenvalue weighted by molar-refractivity contribution is 5.58. The van der Waals surface area contributed by atoms with Crippen LogP contribution in [-0.2, 0) is 13.0 Å². The molecule has 0 bridgehead atoms. The Kier molecular flexibility index (Phi) is 5.69. The molecule has 0 aliphatic rings. The molecule has 0 spiro atoms. The fourth-order valence-corrected chi connectivity index (χ4v) is 2.09. The van der Waals surface area contributed by atoms with E-state index in [0.29, 0.717) is 0 Å². The lowest BCUT2D eigenvalue weighted by atomic mass is 10.1. The van der Waals surface area contributed by atoms with Gasteiger partial charge >= 0.3 is 0 Å². The lowest BCUT2D eigenvalue weighted by Gasteiger charge is -2.18. The molecule has 0 fully saturated rings. The van der Waals surface area contributed by atoms with Gasteiger partial charge in [0.1, 0.15) is 0 Å². The zero-order valence-electron chi connectivity index (χ0n) is 13.1. The summed E-state index contributed by atoms with van der Waals surface area (Å²) in [5.41, 5.74) is 3.44. The molecule has 0 radical (unpaired) electrons. The monoisotopic (exact) mass is 284 g/mol. The van der Waals surface area contributed by atoms with Crippen LogP contribution in [0.3, 0.4) is 0 Å². The molecule has 1 heterocycles. The third-order valence-corrected chi connectivity index (χ3v) is 3.50. The number of anilines is 2. The van der Waals surface area contributed by atoms with E-state index in [0.717, 1.165) is 43.1 Å². The van der Waals surface area contributed by atoms with Crippen LogP contribution >= 0.6 is 0 Å². The zero-order chi connectivity index (χ0) is 15.1. The summed E-state index contributed by atoms with van der Waals surface area (Å²) in [4.78, 5) is 11.0. The fraction of sp³-hybridized carbons (Fsp3) is 0.412. The Balaban J connectivity index is 2.02. The Bertz CT molecular complexity index is 534. The zero-order valence-corrected chi connectivity index (χ0v) is 13.1. The van der Waals surface area contributed by atoms with E-state index in [1.54, 1.807) is 0 Å². The summed E-state index contributed by atoms with van der Waals surface area (Å²) in [6, 6.07) is 8.55. The molecule has 0 amide bonds. The summed E-state index contributed by atoms with van der Waals surface area (Å²) in [5.74, 6) is 0.860. The summed E-state index contributed by atoms with van der Waals surface area (Å²) >= 11 is 0. The van der Waals surface area contributed by atoms with E-state index in [1.807, 2.05) is 19.4 Å². The molecular formula is C17H24N4. The lowest BCUT2D eigenvalue weighted by molar-refractivity contribution is 0.662. The van der Waals surface area contributed by atoms with Crippen molar-refractivity contribution in [2.24, 2.45) is 0 Å². The van der Waals surface area contributed by atoms with Crippen molar-refractivity contribution in [3.05, 3.63) is 47.9 Å². The first-order valence-corrected chi connectivity index (χ1v) is 7.59. The van der Waals surface area contributed by atoms with Crippen molar-refractivity contribution < 1.29 is 0 Å². The Morgan fingerprint density at radius 1 is 1.05 bits per heavy atom. The van der Waals surface area contributed by atoms with Crippen molar-refractivity contribution in [1.29, 1.82) is 0 Å². The first-order chi connectivity index (χ1) is 10.2. The molecule has 4 heteroatoms. The lowest BCUT2D eigenvalue weighted by Crippen LogP contribution is -2.16. The molecule has 2 rings (SSSR count). The fourth-order valence-electron chi connectivity index (χ4n) is 2.09. The van der Waals surface area contributed by atoms with Crippen LogP contribution in [0.1, 0.15) is 31.5 Å². The number of nitrogens with one attached hydrogen (secondary N) is 1. The van der Waals surface area contributed by atoms with Crippen LogP contribution in [0.15, 0.2) is 36.7 Å². The van der Waals surface area contributed by atoms with Crippen LogP contribution in [0.2, 0.25) is 0 Å². The molecule has 0 atom stereocenters. The van der Waals surface area contributed by atoms with Gasteiger partial charge in [0.2, 0.25) is 0 Å². The minimum absolute atomic E-state index is 0.774. The summed E-state index contributed by atoms with van der Waals surface area (Å²) in [6.45, 7) is 6.10. The topological polar surface area (TPSA) is 41.1 Å². The van der Waals surface area contributed by atoms with Crippen molar-refractivity contribution >= 4 is 11.5 Å². The quantitative estimate of drug-likeness (QED) is 0.792. The van der Waals surface area contributed by atoms with Gasteiger partial charge in [0.25, 0.3) is 0 Å². The van der Waals surface area contributed by atoms with Crippen molar-refractivity contribution in [3.63, 3.8) is 0 Å². The molecule has 0 saturated heterocycles. The molecule has 0 unspecified atom stereocenters. The average molecular weight is 284 g/mol. The van der Waals surface area contributed by atoms with Gasteiger partial charge in [0.05, 0.1) is 18.1 Å². The summed E-state index contributed by atoms with van der Waals surface area (Å²) in [5, 5.41) is 3.33. The molecule has 1 aromatic heterocycles. The molecule has 1 aromatic carbocycles. The molecule has 0 aliphatic heterocycles. The Hall–Kier alpha value is -1.94. The number of hydrogen-bond acceptors (Lipinski definition) is 4. The third kappa shape index (κ3) is 4.26. The standard InChI is InChI=1S/C17H24N4/c1-4-10-18-11-15-12-20-17(13-19-15)21(3)16-8-6-14(5-2)7-9-16/h6-9,12-13,18H,4-5,10-11H2,1-3H3. The van der Waals surface area contributed by atoms with E-state index < -0.39 is 0 Å². The van der Waals surface area contributed by atoms with Gasteiger partial charge < -0.3 is 10.2 Å². The maximum absolute atomic E-state index is 4.50. The van der Waals surface area contributed by atoms with Crippen molar-refractivity contribution in [1.82, 2.24) is 15.3 Å². The van der Waals surface area contributed by atoms with E-state index in [-0.39, 0.29) is 0 Å². The molecule has 0 saturated carbocycles. The predicted octanol–water partition coefficient (Wildman–Crippen LogP) is 3.31. The summed E-state index contributed by atoms with van der Waals surface area (Å²) in [6.07, 6.45) is 5.86. The molecule has 0 aliphatic carbocycles. The number of benzene rings is 1. The van der Waals surface area contributed by atoms with Gasteiger partial charge in [-0.05, 0) is 37.1 Å². The summed E-state index contributed by atoms with van der Waals surface area (Å²) in [7, 11) is 2.01. The third-order valence-electron chi connectivity index (χ3n) is 3.50. The maximum atomic E-state index is 4.50.